The normalized spacial score (nSPS) is 12.6. The van der Waals surface area contributed by atoms with Crippen LogP contribution in [0.15, 0.2) is 41.6 Å². The van der Waals surface area contributed by atoms with Crippen LogP contribution < -0.4 is 0 Å². The molecule has 1 heterocycles. The second kappa shape index (κ2) is 5.23. The Hall–Kier alpha value is -1.49. The van der Waals surface area contributed by atoms with Crippen LogP contribution in [0.25, 0.3) is 0 Å². The van der Waals surface area contributed by atoms with E-state index in [0.717, 1.165) is 5.56 Å². The Morgan fingerprint density at radius 3 is 2.65 bits per heavy atom. The number of hydrogen-bond donors (Lipinski definition) is 0. The number of benzene rings is 1. The third kappa shape index (κ3) is 3.23. The molecule has 0 aliphatic carbocycles. The van der Waals surface area contributed by atoms with Crippen LogP contribution in [-0.4, -0.2) is 19.7 Å². The van der Waals surface area contributed by atoms with Crippen molar-refractivity contribution in [3.63, 3.8) is 0 Å². The second-order valence-corrected chi connectivity index (χ2v) is 5.35. The van der Waals surface area contributed by atoms with Crippen molar-refractivity contribution in [2.75, 3.05) is 5.75 Å². The molecule has 0 saturated carbocycles. The van der Waals surface area contributed by atoms with Crippen LogP contribution in [0.2, 0.25) is 0 Å². The van der Waals surface area contributed by atoms with Gasteiger partial charge in [-0.1, -0.05) is 0 Å². The van der Waals surface area contributed by atoms with Crippen molar-refractivity contribution in [1.82, 2.24) is 9.78 Å². The van der Waals surface area contributed by atoms with E-state index in [1.807, 2.05) is 13.2 Å². The van der Waals surface area contributed by atoms with E-state index in [0.29, 0.717) is 17.1 Å². The van der Waals surface area contributed by atoms with Crippen LogP contribution in [0.5, 0.6) is 0 Å². The van der Waals surface area contributed by atoms with Gasteiger partial charge in [0.25, 0.3) is 0 Å². The van der Waals surface area contributed by atoms with Gasteiger partial charge < -0.3 is 0 Å². The van der Waals surface area contributed by atoms with Crippen LogP contribution in [-0.2, 0) is 24.3 Å². The molecule has 0 N–H and O–H groups in total. The number of halogens is 1. The van der Waals surface area contributed by atoms with Gasteiger partial charge in [0, 0.05) is 23.9 Å². The fraction of sp³-hybridized carbons (Fsp3) is 0.250. The molecular formula is C12H13FN2OS. The largest absolute Gasteiger partial charge is 0.276 e. The van der Waals surface area contributed by atoms with Gasteiger partial charge in [-0.15, -0.1) is 0 Å². The van der Waals surface area contributed by atoms with Gasteiger partial charge in [0.05, 0.1) is 17.0 Å². The lowest BCUT2D eigenvalue weighted by atomic mass is 10.3. The number of hydrogen-bond acceptors (Lipinski definition) is 2. The Bertz CT molecular complexity index is 522. The van der Waals surface area contributed by atoms with Gasteiger partial charge in [-0.2, -0.15) is 5.10 Å². The number of nitrogens with zero attached hydrogens (tertiary/aromatic N) is 2. The first-order chi connectivity index (χ1) is 8.15. The fourth-order valence-corrected chi connectivity index (χ4v) is 2.61. The molecule has 90 valence electrons. The van der Waals surface area contributed by atoms with Gasteiger partial charge in [-0.3, -0.25) is 8.89 Å². The summed E-state index contributed by atoms with van der Waals surface area (Å²) in [5, 5.41) is 4.05. The molecule has 0 fully saturated rings. The van der Waals surface area contributed by atoms with E-state index < -0.39 is 10.8 Å². The van der Waals surface area contributed by atoms with Gasteiger partial charge in [-0.25, -0.2) is 4.39 Å². The van der Waals surface area contributed by atoms with Crippen molar-refractivity contribution < 1.29 is 8.60 Å². The van der Waals surface area contributed by atoms with Crippen molar-refractivity contribution >= 4 is 10.8 Å². The Balaban J connectivity index is 1.95. The summed E-state index contributed by atoms with van der Waals surface area (Å²) in [7, 11) is 0.761. The molecule has 2 aromatic rings. The lowest BCUT2D eigenvalue weighted by Gasteiger charge is -2.00. The van der Waals surface area contributed by atoms with E-state index in [2.05, 4.69) is 5.10 Å². The van der Waals surface area contributed by atoms with Gasteiger partial charge in [0.1, 0.15) is 5.82 Å². The molecule has 1 unspecified atom stereocenters. The first-order valence-corrected chi connectivity index (χ1v) is 6.58. The van der Waals surface area contributed by atoms with E-state index in [1.54, 1.807) is 23.0 Å². The first-order valence-electron chi connectivity index (χ1n) is 5.26. The Labute approximate surface area is 102 Å². The minimum atomic E-state index is -1.09. The van der Waals surface area contributed by atoms with Crippen molar-refractivity contribution in [3.8, 4) is 0 Å². The lowest BCUT2D eigenvalue weighted by Crippen LogP contribution is -2.01. The Kier molecular flexibility index (Phi) is 3.68. The quantitative estimate of drug-likeness (QED) is 0.833. The SMILES string of the molecule is Cn1cc(CCS(=O)c2ccc(F)cc2)cn1. The van der Waals surface area contributed by atoms with E-state index >= 15 is 0 Å². The van der Waals surface area contributed by atoms with Crippen molar-refractivity contribution in [2.45, 2.75) is 11.3 Å². The zero-order valence-corrected chi connectivity index (χ0v) is 10.3. The summed E-state index contributed by atoms with van der Waals surface area (Å²) in [5.74, 6) is 0.218. The summed E-state index contributed by atoms with van der Waals surface area (Å²) >= 11 is 0. The second-order valence-electron chi connectivity index (χ2n) is 3.78. The maximum absolute atomic E-state index is 12.7. The molecule has 0 aliphatic heterocycles. The van der Waals surface area contributed by atoms with Gasteiger partial charge in [0.2, 0.25) is 0 Å². The van der Waals surface area contributed by atoms with Crippen LogP contribution in [0, 0.1) is 5.82 Å². The highest BCUT2D eigenvalue weighted by molar-refractivity contribution is 7.85. The minimum Gasteiger partial charge on any atom is -0.276 e. The molecule has 5 heteroatoms. The molecule has 0 saturated heterocycles. The van der Waals surface area contributed by atoms with Crippen LogP contribution in [0.3, 0.4) is 0 Å². The average Bonchev–Trinajstić information content (AvgIpc) is 2.73. The third-order valence-corrected chi connectivity index (χ3v) is 3.78. The van der Waals surface area contributed by atoms with Crippen molar-refractivity contribution in [2.24, 2.45) is 7.05 Å². The molecule has 2 rings (SSSR count). The molecule has 0 bridgehead atoms. The van der Waals surface area contributed by atoms with E-state index in [1.165, 1.54) is 12.1 Å². The Morgan fingerprint density at radius 1 is 1.35 bits per heavy atom. The summed E-state index contributed by atoms with van der Waals surface area (Å²) in [4.78, 5) is 0.662. The molecule has 1 aromatic heterocycles. The molecule has 0 aliphatic rings. The summed E-state index contributed by atoms with van der Waals surface area (Å²) in [5.41, 5.74) is 1.06. The number of rotatable bonds is 4. The van der Waals surface area contributed by atoms with Crippen molar-refractivity contribution in [1.29, 1.82) is 0 Å². The summed E-state index contributed by atoms with van der Waals surface area (Å²) in [6.45, 7) is 0. The molecule has 0 amide bonds. The van der Waals surface area contributed by atoms with E-state index in [9.17, 15) is 8.60 Å². The third-order valence-electron chi connectivity index (χ3n) is 2.41. The highest BCUT2D eigenvalue weighted by atomic mass is 32.2. The topological polar surface area (TPSA) is 34.9 Å². The predicted molar refractivity (Wildman–Crippen MR) is 64.6 cm³/mol. The predicted octanol–water partition coefficient (Wildman–Crippen LogP) is 1.91. The number of aryl methyl sites for hydroxylation is 2. The maximum atomic E-state index is 12.7. The van der Waals surface area contributed by atoms with Gasteiger partial charge in [0.15, 0.2) is 0 Å². The first kappa shape index (κ1) is 12.0. The molecule has 1 atom stereocenters. The Morgan fingerprint density at radius 2 is 2.06 bits per heavy atom. The molecule has 0 radical (unpaired) electrons. The summed E-state index contributed by atoms with van der Waals surface area (Å²) < 4.78 is 26.3. The summed E-state index contributed by atoms with van der Waals surface area (Å²) in [6, 6.07) is 5.79. The molecular weight excluding hydrogens is 239 g/mol. The van der Waals surface area contributed by atoms with E-state index in [4.69, 9.17) is 0 Å². The zero-order chi connectivity index (χ0) is 12.3. The van der Waals surface area contributed by atoms with Gasteiger partial charge >= 0.3 is 0 Å². The highest BCUT2D eigenvalue weighted by Gasteiger charge is 2.05. The standard InChI is InChI=1S/C12H13FN2OS/c1-15-9-10(8-14-15)6-7-17(16)12-4-2-11(13)3-5-12/h2-5,8-9H,6-7H2,1H3. The highest BCUT2D eigenvalue weighted by Crippen LogP contribution is 2.09. The minimum absolute atomic E-state index is 0.307. The van der Waals surface area contributed by atoms with Crippen LogP contribution >= 0.6 is 0 Å². The smallest absolute Gasteiger partial charge is 0.123 e. The van der Waals surface area contributed by atoms with Gasteiger partial charge in [-0.05, 0) is 36.2 Å². The van der Waals surface area contributed by atoms with Crippen LogP contribution in [0.1, 0.15) is 5.56 Å². The zero-order valence-electron chi connectivity index (χ0n) is 9.47. The molecule has 17 heavy (non-hydrogen) atoms. The molecule has 3 nitrogen and oxygen atoms in total. The molecule has 1 aromatic carbocycles. The maximum Gasteiger partial charge on any atom is 0.123 e. The molecule has 0 spiro atoms. The average molecular weight is 252 g/mol. The van der Waals surface area contributed by atoms with Crippen molar-refractivity contribution in [3.05, 3.63) is 48.0 Å². The monoisotopic (exact) mass is 252 g/mol. The fourth-order valence-electron chi connectivity index (χ4n) is 1.52. The van der Waals surface area contributed by atoms with Crippen LogP contribution in [0.4, 0.5) is 4.39 Å². The lowest BCUT2D eigenvalue weighted by molar-refractivity contribution is 0.626. The number of aromatic nitrogens is 2. The summed E-state index contributed by atoms with van der Waals surface area (Å²) in [6.07, 6.45) is 4.38. The van der Waals surface area contributed by atoms with E-state index in [-0.39, 0.29) is 5.82 Å².